The lowest BCUT2D eigenvalue weighted by atomic mass is 10.0. The highest BCUT2D eigenvalue weighted by Gasteiger charge is 2.55. The number of carbonyl (C=O) groups is 5. The summed E-state index contributed by atoms with van der Waals surface area (Å²) in [6, 6.07) is 5.38. The molecule has 39 heavy (non-hydrogen) atoms. The molecule has 3 amide bonds. The largest absolute Gasteiger partial charge is 0.445 e. The Balaban J connectivity index is 1.37. The molecule has 3 aliphatic rings. The molecule has 5 rings (SSSR count). The third-order valence-electron chi connectivity index (χ3n) is 5.85. The molecule has 2 aromatic rings. The Morgan fingerprint density at radius 2 is 2.08 bits per heavy atom. The van der Waals surface area contributed by atoms with E-state index in [0.717, 1.165) is 4.90 Å². The average Bonchev–Trinajstić information content (AvgIpc) is 3.57. The number of thioether (sulfide) groups is 1. The number of fused-ring (bicyclic) bond motifs is 2. The van der Waals surface area contributed by atoms with Crippen LogP contribution in [0.4, 0.5) is 4.79 Å². The predicted molar refractivity (Wildman–Crippen MR) is 134 cm³/mol. The number of thiazole rings is 1. The number of primary amides is 1. The molecule has 1 aromatic carbocycles. The Hall–Kier alpha value is -4.44. The minimum atomic E-state index is -1.34. The van der Waals surface area contributed by atoms with Crippen molar-refractivity contribution in [2.45, 2.75) is 17.7 Å². The first-order valence-corrected chi connectivity index (χ1v) is 13.2. The number of esters is 2. The Labute approximate surface area is 228 Å². The molecule has 16 heteroatoms. The molecule has 0 aliphatic carbocycles. The number of nitrogens with zero attached hydrogens (tertiary/aromatic N) is 3. The standard InChI is InChI=1S/C23H19N5O9S2/c1-34-27-14(13-8-38-9-25-13)17(29)26-15-18(30)28-16(10(6-35-23(24)33)7-39-19(15)28)21(32)37-22-12-5-3-2-4-11(12)20(31)36-22/h2-5,8-9,15,19,22H,6-7H2,1H3,(H2,24,33)(H,26,29)/b27-14-/t15?,19-,22?/m0/s1. The van der Waals surface area contributed by atoms with Gasteiger partial charge in [-0.1, -0.05) is 23.4 Å². The second-order valence-electron chi connectivity index (χ2n) is 8.15. The lowest BCUT2D eigenvalue weighted by molar-refractivity contribution is -0.168. The maximum Gasteiger partial charge on any atom is 0.404 e. The molecule has 202 valence electrons. The summed E-state index contributed by atoms with van der Waals surface area (Å²) in [5.74, 6) is -2.83. The van der Waals surface area contributed by atoms with Gasteiger partial charge in [0.25, 0.3) is 18.1 Å². The predicted octanol–water partition coefficient (Wildman–Crippen LogP) is 0.655. The third kappa shape index (κ3) is 4.90. The fourth-order valence-electron chi connectivity index (χ4n) is 4.13. The number of oxime groups is 1. The van der Waals surface area contributed by atoms with E-state index in [1.165, 1.54) is 41.8 Å². The van der Waals surface area contributed by atoms with E-state index in [1.54, 1.807) is 23.6 Å². The molecular weight excluding hydrogens is 554 g/mol. The van der Waals surface area contributed by atoms with Crippen molar-refractivity contribution in [2.24, 2.45) is 10.9 Å². The number of carbonyl (C=O) groups excluding carboxylic acids is 5. The molecule has 0 bridgehead atoms. The van der Waals surface area contributed by atoms with Crippen molar-refractivity contribution in [3.63, 3.8) is 0 Å². The molecule has 0 radical (unpaired) electrons. The molecule has 0 spiro atoms. The van der Waals surface area contributed by atoms with Gasteiger partial charge in [-0.3, -0.25) is 14.5 Å². The van der Waals surface area contributed by atoms with Crippen molar-refractivity contribution < 1.29 is 43.0 Å². The summed E-state index contributed by atoms with van der Waals surface area (Å²) < 4.78 is 15.5. The van der Waals surface area contributed by atoms with Gasteiger partial charge in [-0.15, -0.1) is 23.1 Å². The van der Waals surface area contributed by atoms with E-state index in [2.05, 4.69) is 15.5 Å². The van der Waals surface area contributed by atoms with Gasteiger partial charge in [0, 0.05) is 22.3 Å². The van der Waals surface area contributed by atoms with Gasteiger partial charge in [-0.05, 0) is 6.07 Å². The molecule has 0 saturated carbocycles. The third-order valence-corrected chi connectivity index (χ3v) is 7.78. The number of nitrogens with two attached hydrogens (primary N) is 1. The Morgan fingerprint density at radius 1 is 1.28 bits per heavy atom. The van der Waals surface area contributed by atoms with Crippen LogP contribution in [0.2, 0.25) is 0 Å². The second-order valence-corrected chi connectivity index (χ2v) is 9.97. The van der Waals surface area contributed by atoms with Crippen LogP contribution in [0.25, 0.3) is 0 Å². The van der Waals surface area contributed by atoms with Gasteiger partial charge in [0.15, 0.2) is 5.71 Å². The molecule has 3 N–H and O–H groups in total. The first kappa shape index (κ1) is 26.2. The number of nitrogens with one attached hydrogen (secondary N) is 1. The van der Waals surface area contributed by atoms with Gasteiger partial charge in [0.05, 0.1) is 11.1 Å². The van der Waals surface area contributed by atoms with Crippen LogP contribution in [0.15, 0.2) is 51.6 Å². The van der Waals surface area contributed by atoms with Crippen LogP contribution < -0.4 is 11.1 Å². The molecule has 3 aliphatic heterocycles. The van der Waals surface area contributed by atoms with Gasteiger partial charge in [-0.25, -0.2) is 19.4 Å². The lowest BCUT2D eigenvalue weighted by Gasteiger charge is -2.49. The van der Waals surface area contributed by atoms with Crippen molar-refractivity contribution >= 4 is 58.7 Å². The molecule has 1 aromatic heterocycles. The molecule has 4 heterocycles. The Kier molecular flexibility index (Phi) is 7.21. The lowest BCUT2D eigenvalue weighted by Crippen LogP contribution is -2.71. The molecule has 3 atom stereocenters. The zero-order chi connectivity index (χ0) is 27.7. The second kappa shape index (κ2) is 10.7. The summed E-state index contributed by atoms with van der Waals surface area (Å²) in [5, 5.41) is 7.22. The van der Waals surface area contributed by atoms with Crippen molar-refractivity contribution in [3.8, 4) is 0 Å². The van der Waals surface area contributed by atoms with E-state index in [0.29, 0.717) is 5.56 Å². The highest BCUT2D eigenvalue weighted by Crippen LogP contribution is 2.42. The minimum absolute atomic E-state index is 0.127. The smallest absolute Gasteiger partial charge is 0.404 e. The fourth-order valence-corrected chi connectivity index (χ4v) is 5.99. The van der Waals surface area contributed by atoms with Gasteiger partial charge in [-0.2, -0.15) is 0 Å². The van der Waals surface area contributed by atoms with Gasteiger partial charge >= 0.3 is 18.0 Å². The van der Waals surface area contributed by atoms with Crippen molar-refractivity contribution in [2.75, 3.05) is 19.5 Å². The first-order valence-electron chi connectivity index (χ1n) is 11.2. The number of aromatic nitrogens is 1. The van der Waals surface area contributed by atoms with E-state index in [1.807, 2.05) is 0 Å². The summed E-state index contributed by atoms with van der Waals surface area (Å²) in [4.78, 5) is 72.9. The molecular formula is C23H19N5O9S2. The van der Waals surface area contributed by atoms with Gasteiger partial charge in [0.2, 0.25) is 0 Å². The van der Waals surface area contributed by atoms with E-state index < -0.39 is 47.6 Å². The number of ether oxygens (including phenoxy) is 3. The number of cyclic esters (lactones) is 1. The molecule has 1 saturated heterocycles. The number of rotatable bonds is 8. The summed E-state index contributed by atoms with van der Waals surface area (Å²) in [6.45, 7) is -0.379. The number of β-lactam (4-membered cyclic amide) rings is 1. The van der Waals surface area contributed by atoms with Crippen LogP contribution in [0, 0.1) is 0 Å². The maximum absolute atomic E-state index is 13.4. The van der Waals surface area contributed by atoms with Crippen LogP contribution >= 0.6 is 23.1 Å². The van der Waals surface area contributed by atoms with Crippen LogP contribution in [0.1, 0.15) is 27.9 Å². The number of hydrogen-bond acceptors (Lipinski definition) is 13. The highest BCUT2D eigenvalue weighted by atomic mass is 32.2. The zero-order valence-corrected chi connectivity index (χ0v) is 21.7. The zero-order valence-electron chi connectivity index (χ0n) is 20.0. The Bertz CT molecular complexity index is 1420. The van der Waals surface area contributed by atoms with Crippen molar-refractivity contribution in [1.29, 1.82) is 0 Å². The normalized spacial score (nSPS) is 21.8. The molecule has 1 fully saturated rings. The summed E-state index contributed by atoms with van der Waals surface area (Å²) >= 11 is 2.47. The number of amides is 3. The SMILES string of the molecule is CO/N=C(\C(=O)NC1C(=O)N2C(C(=O)OC3OC(=O)c4ccccc43)=C(COC(N)=O)CS[C@@H]12)c1cscn1. The summed E-state index contributed by atoms with van der Waals surface area (Å²) in [6.07, 6.45) is -2.41. The monoisotopic (exact) mass is 573 g/mol. The van der Waals surface area contributed by atoms with E-state index in [-0.39, 0.29) is 40.6 Å². The van der Waals surface area contributed by atoms with Crippen molar-refractivity contribution in [3.05, 3.63) is 63.2 Å². The number of benzene rings is 1. The highest BCUT2D eigenvalue weighted by molar-refractivity contribution is 8.00. The molecule has 2 unspecified atom stereocenters. The van der Waals surface area contributed by atoms with Crippen LogP contribution in [0.5, 0.6) is 0 Å². The summed E-state index contributed by atoms with van der Waals surface area (Å²) in [5.41, 5.74) is 7.39. The molecule has 14 nitrogen and oxygen atoms in total. The number of hydrogen-bond donors (Lipinski definition) is 2. The Morgan fingerprint density at radius 3 is 2.79 bits per heavy atom. The van der Waals surface area contributed by atoms with E-state index in [4.69, 9.17) is 24.8 Å². The quantitative estimate of drug-likeness (QED) is 0.195. The fraction of sp³-hybridized carbons (Fsp3) is 0.261. The van der Waals surface area contributed by atoms with Gasteiger partial charge < -0.3 is 30.1 Å². The average molecular weight is 574 g/mol. The summed E-state index contributed by atoms with van der Waals surface area (Å²) in [7, 11) is 1.27. The van der Waals surface area contributed by atoms with E-state index in [9.17, 15) is 24.0 Å². The minimum Gasteiger partial charge on any atom is -0.445 e. The topological polar surface area (TPSA) is 189 Å². The van der Waals surface area contributed by atoms with E-state index >= 15 is 0 Å². The first-order chi connectivity index (χ1) is 18.8. The maximum atomic E-state index is 13.4. The van der Waals surface area contributed by atoms with Gasteiger partial charge in [0.1, 0.15) is 36.5 Å². The van der Waals surface area contributed by atoms with Crippen LogP contribution in [0.3, 0.4) is 0 Å². The van der Waals surface area contributed by atoms with Crippen molar-refractivity contribution in [1.82, 2.24) is 15.2 Å². The van der Waals surface area contributed by atoms with Crippen LogP contribution in [-0.2, 0) is 33.4 Å². The van der Waals surface area contributed by atoms with Crippen LogP contribution in [-0.4, -0.2) is 76.3 Å².